The van der Waals surface area contributed by atoms with E-state index in [0.717, 1.165) is 27.2 Å². The average Bonchev–Trinajstić information content (AvgIpc) is 4.06. The van der Waals surface area contributed by atoms with Gasteiger partial charge in [-0.1, -0.05) is 72.8 Å². The van der Waals surface area contributed by atoms with E-state index in [9.17, 15) is 38.0 Å². The molecule has 21 heteroatoms. The van der Waals surface area contributed by atoms with Crippen LogP contribution in [0.25, 0.3) is 21.7 Å². The number of halogens is 1. The van der Waals surface area contributed by atoms with Gasteiger partial charge in [-0.15, -0.1) is 0 Å². The zero-order valence-electron chi connectivity index (χ0n) is 40.8. The molecule has 0 saturated carbocycles. The van der Waals surface area contributed by atoms with Gasteiger partial charge in [0.05, 0.1) is 12.7 Å². The summed E-state index contributed by atoms with van der Waals surface area (Å²) in [5, 5.41) is 22.4. The molecule has 3 heterocycles. The van der Waals surface area contributed by atoms with Crippen molar-refractivity contribution in [2.45, 2.75) is 94.4 Å². The Labute approximate surface area is 426 Å². The molecule has 0 aliphatic carbocycles. The largest absolute Gasteiger partial charge is 0.370 e. The number of fused-ring (bicyclic) bond motifs is 2. The lowest BCUT2D eigenvalue weighted by molar-refractivity contribution is -0.135. The van der Waals surface area contributed by atoms with Gasteiger partial charge in [0.2, 0.25) is 41.4 Å². The maximum absolute atomic E-state index is 14.7. The molecule has 1 saturated heterocycles. The lowest BCUT2D eigenvalue weighted by Gasteiger charge is -2.27. The van der Waals surface area contributed by atoms with Crippen LogP contribution in [-0.4, -0.2) is 112 Å². The van der Waals surface area contributed by atoms with Crippen molar-refractivity contribution < 1.29 is 38.0 Å². The molecule has 4 aromatic carbocycles. The minimum absolute atomic E-state index is 0.00874. The van der Waals surface area contributed by atoms with Crippen molar-refractivity contribution in [3.8, 4) is 0 Å². The van der Waals surface area contributed by atoms with Crippen molar-refractivity contribution in [3.05, 3.63) is 138 Å². The molecule has 1 fully saturated rings. The second kappa shape index (κ2) is 26.2. The molecule has 7 amide bonds. The van der Waals surface area contributed by atoms with Gasteiger partial charge in [-0.05, 0) is 77.8 Å². The highest BCUT2D eigenvalue weighted by Gasteiger charge is 2.34. The minimum atomic E-state index is -1.43. The van der Waals surface area contributed by atoms with Gasteiger partial charge in [0.15, 0.2) is 5.96 Å². The number of carbonyl (C=O) groups excluding carboxylic acids is 7. The summed E-state index contributed by atoms with van der Waals surface area (Å²) in [6.45, 7) is 0.531. The summed E-state index contributed by atoms with van der Waals surface area (Å²) < 4.78 is 14.2. The van der Waals surface area contributed by atoms with Crippen molar-refractivity contribution >= 4 is 69.0 Å². The summed E-state index contributed by atoms with van der Waals surface area (Å²) in [6.07, 6.45) is 5.03. The first-order valence-electron chi connectivity index (χ1n) is 24.6. The zero-order chi connectivity index (χ0) is 52.4. The van der Waals surface area contributed by atoms with Gasteiger partial charge in [-0.2, -0.15) is 0 Å². The third kappa shape index (κ3) is 15.7. The summed E-state index contributed by atoms with van der Waals surface area (Å²) in [5.74, 6) is -5.27. The molecule has 13 N–H and O–H groups in total. The van der Waals surface area contributed by atoms with Crippen LogP contribution in [0, 0.1) is 5.82 Å². The number of aromatic nitrogens is 3. The van der Waals surface area contributed by atoms with Gasteiger partial charge >= 0.3 is 0 Å². The molecule has 0 bridgehead atoms. The van der Waals surface area contributed by atoms with Crippen LogP contribution >= 0.6 is 0 Å². The van der Waals surface area contributed by atoms with E-state index in [-0.39, 0.29) is 77.0 Å². The third-order valence-corrected chi connectivity index (χ3v) is 12.6. The SMILES string of the molecule is NC(N)=NCCC[C@@H]1NC(=O)[C@@H](Cc2ccc(F)cc2)NC(=O)[C@H](Cc2cnc[nH]2)NC(=O)C(NC(=O)Cc2ccc3ccccc3c2)CCC(=O)NCCCCNC(=O)[C@H](Cc2c[nH]c3ccccc23)NC1=O. The van der Waals surface area contributed by atoms with Crippen LogP contribution in [0.15, 0.2) is 115 Å². The monoisotopic (exact) mass is 1010 g/mol. The van der Waals surface area contributed by atoms with E-state index >= 15 is 0 Å². The highest BCUT2D eigenvalue weighted by atomic mass is 19.1. The highest BCUT2D eigenvalue weighted by Crippen LogP contribution is 2.20. The average molecular weight is 1010 g/mol. The van der Waals surface area contributed by atoms with E-state index in [1.54, 1.807) is 6.20 Å². The second-order valence-electron chi connectivity index (χ2n) is 18.2. The number of para-hydroxylation sites is 1. The molecular weight excluding hydrogens is 950 g/mol. The van der Waals surface area contributed by atoms with Crippen molar-refractivity contribution in [2.24, 2.45) is 16.5 Å². The normalized spacial score (nSPS) is 20.0. The van der Waals surface area contributed by atoms with E-state index in [4.69, 9.17) is 11.5 Å². The number of nitrogens with zero attached hydrogens (tertiary/aromatic N) is 2. The fraction of sp³-hybridized carbons (Fsp3) is 0.340. The summed E-state index contributed by atoms with van der Waals surface area (Å²) >= 11 is 0. The van der Waals surface area contributed by atoms with Crippen molar-refractivity contribution in [2.75, 3.05) is 19.6 Å². The first kappa shape index (κ1) is 53.2. The van der Waals surface area contributed by atoms with Crippen LogP contribution in [0.4, 0.5) is 4.39 Å². The summed E-state index contributed by atoms with van der Waals surface area (Å²) in [4.78, 5) is 113. The Morgan fingerprint density at radius 3 is 2.08 bits per heavy atom. The second-order valence-corrected chi connectivity index (χ2v) is 18.2. The Hall–Kier alpha value is -8.62. The van der Waals surface area contributed by atoms with Crippen LogP contribution in [0.1, 0.15) is 60.9 Å². The third-order valence-electron chi connectivity index (χ3n) is 12.6. The number of rotatable bonds is 13. The number of nitrogens with one attached hydrogen (secondary N) is 9. The van der Waals surface area contributed by atoms with Gasteiger partial charge < -0.3 is 58.7 Å². The van der Waals surface area contributed by atoms with Gasteiger partial charge in [0.1, 0.15) is 36.0 Å². The molecule has 2 aromatic heterocycles. The number of amides is 7. The number of nitrogens with two attached hydrogens (primary N) is 2. The fourth-order valence-corrected chi connectivity index (χ4v) is 8.71. The van der Waals surface area contributed by atoms with Crippen molar-refractivity contribution in [1.29, 1.82) is 0 Å². The number of hydrogen-bond acceptors (Lipinski definition) is 9. The van der Waals surface area contributed by atoms with E-state index in [1.807, 2.05) is 66.7 Å². The maximum Gasteiger partial charge on any atom is 0.243 e. The molecule has 0 radical (unpaired) electrons. The van der Waals surface area contributed by atoms with Crippen LogP contribution in [0.5, 0.6) is 0 Å². The van der Waals surface area contributed by atoms with Gasteiger partial charge in [-0.3, -0.25) is 38.6 Å². The van der Waals surface area contributed by atoms with E-state index in [1.165, 1.54) is 36.8 Å². The topological polar surface area (TPSA) is 313 Å². The first-order valence-corrected chi connectivity index (χ1v) is 24.6. The van der Waals surface area contributed by atoms with E-state index in [0.29, 0.717) is 29.7 Å². The number of aliphatic imine (C=N–C) groups is 1. The molecule has 20 nitrogen and oxygen atoms in total. The predicted molar refractivity (Wildman–Crippen MR) is 276 cm³/mol. The zero-order valence-corrected chi connectivity index (χ0v) is 40.8. The molecule has 74 heavy (non-hydrogen) atoms. The number of guanidine groups is 1. The Bertz CT molecular complexity index is 2940. The van der Waals surface area contributed by atoms with E-state index in [2.05, 4.69) is 57.2 Å². The fourth-order valence-electron chi connectivity index (χ4n) is 8.71. The summed E-state index contributed by atoms with van der Waals surface area (Å²) in [7, 11) is 0. The van der Waals surface area contributed by atoms with Crippen LogP contribution in [-0.2, 0) is 59.2 Å². The van der Waals surface area contributed by atoms with Crippen LogP contribution in [0.3, 0.4) is 0 Å². The molecule has 1 aliphatic heterocycles. The Morgan fingerprint density at radius 2 is 1.34 bits per heavy atom. The number of hydrogen-bond donors (Lipinski definition) is 11. The lowest BCUT2D eigenvalue weighted by Crippen LogP contribution is -2.60. The van der Waals surface area contributed by atoms with Crippen LogP contribution < -0.4 is 48.7 Å². The molecule has 5 atom stereocenters. The van der Waals surface area contributed by atoms with Crippen LogP contribution in [0.2, 0.25) is 0 Å². The number of carbonyl (C=O) groups is 7. The molecule has 388 valence electrons. The van der Waals surface area contributed by atoms with Gasteiger partial charge in [0, 0.05) is 74.3 Å². The summed E-state index contributed by atoms with van der Waals surface area (Å²) in [6, 6.07) is 19.5. The highest BCUT2D eigenvalue weighted by molar-refractivity contribution is 5.97. The standard InChI is InChI=1S/C53H62FN13O7/c54-37-17-14-32(15-18-37)25-43-51(73)64-41(12-7-23-60-53(55)56)49(71)66-44(27-36-29-61-40-11-4-3-10-39(36)40)48(70)59-22-6-5-21-58-46(68)20-19-42(50(72)67-45(52(74)65-43)28-38-30-57-31-62-38)63-47(69)26-33-13-16-34-8-1-2-9-35(34)24-33/h1-4,8-11,13-18,24,29-31,41-45,61H,5-7,12,19-23,25-28H2,(H,57,62)(H,58,68)(H,59,70)(H,63,69)(H,64,73)(H,65,74)(H,66,71)(H,67,72)(H4,55,56,60)/t41-,42?,43+,44-,45-/m0/s1. The molecular formula is C53H62FN13O7. The van der Waals surface area contributed by atoms with Gasteiger partial charge in [0.25, 0.3) is 0 Å². The summed E-state index contributed by atoms with van der Waals surface area (Å²) in [5.41, 5.74) is 14.3. The number of imidazole rings is 1. The smallest absolute Gasteiger partial charge is 0.243 e. The first-order chi connectivity index (χ1) is 35.8. The minimum Gasteiger partial charge on any atom is -0.370 e. The molecule has 6 aromatic rings. The molecule has 7 rings (SSSR count). The lowest BCUT2D eigenvalue weighted by atomic mass is 10.0. The molecule has 0 spiro atoms. The quantitative estimate of drug-likeness (QED) is 0.0452. The van der Waals surface area contributed by atoms with E-state index < -0.39 is 77.4 Å². The predicted octanol–water partition coefficient (Wildman–Crippen LogP) is 1.74. The Morgan fingerprint density at radius 1 is 0.689 bits per heavy atom. The van der Waals surface area contributed by atoms with Gasteiger partial charge in [-0.25, -0.2) is 9.37 Å². The molecule has 1 aliphatic rings. The number of H-pyrrole nitrogens is 2. The molecule has 1 unspecified atom stereocenters. The number of benzene rings is 4. The maximum atomic E-state index is 14.7. The number of aromatic amines is 2. The Kier molecular flexibility index (Phi) is 18.8. The van der Waals surface area contributed by atoms with Crippen molar-refractivity contribution in [1.82, 2.24) is 52.2 Å². The van der Waals surface area contributed by atoms with Crippen molar-refractivity contribution in [3.63, 3.8) is 0 Å². The Balaban J connectivity index is 1.19.